The molecule has 0 saturated carbocycles. The molecule has 4 atom stereocenters. The second-order valence-corrected chi connectivity index (χ2v) is 6.52. The van der Waals surface area contributed by atoms with Crippen LogP contribution in [0.25, 0.3) is 0 Å². The fourth-order valence-corrected chi connectivity index (χ4v) is 2.53. The number of aliphatic hydroxyl groups excluding tert-OH is 1. The minimum absolute atomic E-state index is 0. The molecule has 0 aliphatic rings. The van der Waals surface area contributed by atoms with Gasteiger partial charge in [0, 0.05) is 18.2 Å². The van der Waals surface area contributed by atoms with Crippen LogP contribution in [0.5, 0.6) is 0 Å². The van der Waals surface area contributed by atoms with Crippen molar-refractivity contribution in [1.82, 2.24) is 5.32 Å². The predicted octanol–water partition coefficient (Wildman–Crippen LogP) is 1.34. The van der Waals surface area contributed by atoms with Crippen LogP contribution in [-0.4, -0.2) is 47.2 Å². The van der Waals surface area contributed by atoms with E-state index in [9.17, 15) is 24.8 Å². The lowest BCUT2D eigenvalue weighted by Gasteiger charge is -2.24. The van der Waals surface area contributed by atoms with Crippen molar-refractivity contribution in [2.24, 2.45) is 11.7 Å². The number of aliphatic hydroxyl groups is 1. The molecule has 0 saturated heterocycles. The number of benzene rings is 1. The molecule has 0 spiro atoms. The van der Waals surface area contributed by atoms with E-state index in [1.54, 1.807) is 12.1 Å². The van der Waals surface area contributed by atoms with Crippen LogP contribution < -0.4 is 11.1 Å². The number of carbonyl (C=O) groups is 2. The molecule has 0 aliphatic heterocycles. The molecule has 1 amide bonds. The average molecular weight is 418 g/mol. The zero-order valence-electron chi connectivity index (χ0n) is 16.2. The number of carbonyl (C=O) groups excluding carboxylic acids is 2. The van der Waals surface area contributed by atoms with Gasteiger partial charge in [0.2, 0.25) is 5.91 Å². The minimum atomic E-state index is -1.13. The Balaban J connectivity index is 0.00000729. The number of hydrogen-bond donors (Lipinski definition) is 3. The van der Waals surface area contributed by atoms with Gasteiger partial charge >= 0.3 is 5.97 Å². The lowest BCUT2D eigenvalue weighted by molar-refractivity contribution is -0.384. The molecule has 1 unspecified atom stereocenters. The van der Waals surface area contributed by atoms with Gasteiger partial charge < -0.3 is 20.9 Å². The van der Waals surface area contributed by atoms with Crippen molar-refractivity contribution in [2.75, 3.05) is 7.11 Å². The molecule has 1 rings (SSSR count). The Morgan fingerprint density at radius 3 is 2.36 bits per heavy atom. The van der Waals surface area contributed by atoms with Gasteiger partial charge in [0.05, 0.1) is 24.6 Å². The number of non-ortho nitro benzene ring substituents is 1. The highest BCUT2D eigenvalue weighted by atomic mass is 35.5. The maximum Gasteiger partial charge on any atom is 0.328 e. The number of nitro benzene ring substituents is 1. The van der Waals surface area contributed by atoms with Gasteiger partial charge in [-0.25, -0.2) is 4.79 Å². The summed E-state index contributed by atoms with van der Waals surface area (Å²) >= 11 is 0. The molecule has 4 N–H and O–H groups in total. The lowest BCUT2D eigenvalue weighted by atomic mass is 9.97. The molecular weight excluding hydrogens is 390 g/mol. The van der Waals surface area contributed by atoms with Gasteiger partial charge in [0.1, 0.15) is 6.04 Å². The standard InChI is InChI=1S/C18H27N3O6.ClH/c1-4-11(2)17(18(24)27-3)20-16(23)10-15(22)14(19)9-12-5-7-13(8-6-12)21(25)26;/h5-8,11,14-15,17,22H,4,9-10,19H2,1-3H3,(H,20,23);1H/t11-,14-,15?,17-;/m0./s1. The second-order valence-electron chi connectivity index (χ2n) is 6.52. The number of nitrogens with one attached hydrogen (secondary N) is 1. The summed E-state index contributed by atoms with van der Waals surface area (Å²) in [4.78, 5) is 34.1. The maximum absolute atomic E-state index is 12.2. The monoisotopic (exact) mass is 417 g/mol. The Hall–Kier alpha value is -2.23. The van der Waals surface area contributed by atoms with Crippen LogP contribution in [0.3, 0.4) is 0 Å². The van der Waals surface area contributed by atoms with Crippen LogP contribution in [-0.2, 0) is 20.7 Å². The van der Waals surface area contributed by atoms with E-state index in [2.05, 4.69) is 5.32 Å². The van der Waals surface area contributed by atoms with Crippen molar-refractivity contribution in [3.63, 3.8) is 0 Å². The molecule has 0 aliphatic carbocycles. The molecule has 0 bridgehead atoms. The van der Waals surface area contributed by atoms with E-state index in [1.807, 2.05) is 13.8 Å². The van der Waals surface area contributed by atoms with Crippen LogP contribution in [0.4, 0.5) is 5.69 Å². The van der Waals surface area contributed by atoms with Gasteiger partial charge in [0.25, 0.3) is 5.69 Å². The van der Waals surface area contributed by atoms with E-state index in [4.69, 9.17) is 10.5 Å². The first kappa shape index (κ1) is 25.8. The summed E-state index contributed by atoms with van der Waals surface area (Å²) in [5.41, 5.74) is 6.61. The first-order valence-corrected chi connectivity index (χ1v) is 8.73. The van der Waals surface area contributed by atoms with E-state index >= 15 is 0 Å². The number of esters is 1. The van der Waals surface area contributed by atoms with Crippen molar-refractivity contribution >= 4 is 30.0 Å². The molecule has 158 valence electrons. The minimum Gasteiger partial charge on any atom is -0.467 e. The Morgan fingerprint density at radius 2 is 1.89 bits per heavy atom. The molecule has 28 heavy (non-hydrogen) atoms. The number of methoxy groups -OCH3 is 1. The number of nitrogens with two attached hydrogens (primary N) is 1. The zero-order valence-corrected chi connectivity index (χ0v) is 17.0. The normalized spacial score (nSPS) is 14.8. The van der Waals surface area contributed by atoms with Gasteiger partial charge in [-0.1, -0.05) is 32.4 Å². The van der Waals surface area contributed by atoms with Crippen LogP contribution in [0.2, 0.25) is 0 Å². The van der Waals surface area contributed by atoms with Gasteiger partial charge in [-0.2, -0.15) is 0 Å². The Kier molecular flexibility index (Phi) is 11.3. The van der Waals surface area contributed by atoms with Crippen LogP contribution in [0.15, 0.2) is 24.3 Å². The third-order valence-corrected chi connectivity index (χ3v) is 4.49. The van der Waals surface area contributed by atoms with Crippen molar-refractivity contribution in [1.29, 1.82) is 0 Å². The number of hydrogen-bond acceptors (Lipinski definition) is 7. The second kappa shape index (κ2) is 12.3. The summed E-state index contributed by atoms with van der Waals surface area (Å²) in [6.45, 7) is 3.71. The third kappa shape index (κ3) is 7.79. The quantitative estimate of drug-likeness (QED) is 0.296. The SMILES string of the molecule is CC[C@H](C)[C@H](NC(=O)CC(O)[C@@H](N)Cc1ccc([N+](=O)[O-])cc1)C(=O)OC.Cl. The summed E-state index contributed by atoms with van der Waals surface area (Å²) < 4.78 is 4.71. The first-order chi connectivity index (χ1) is 12.7. The molecule has 0 heterocycles. The van der Waals surface area contributed by atoms with Crippen molar-refractivity contribution in [3.05, 3.63) is 39.9 Å². The summed E-state index contributed by atoms with van der Waals surface area (Å²) in [5, 5.41) is 23.4. The van der Waals surface area contributed by atoms with Crippen LogP contribution in [0, 0.1) is 16.0 Å². The van der Waals surface area contributed by atoms with E-state index < -0.39 is 35.0 Å². The molecule has 9 nitrogen and oxygen atoms in total. The van der Waals surface area contributed by atoms with E-state index in [1.165, 1.54) is 19.2 Å². The molecule has 1 aromatic carbocycles. The zero-order chi connectivity index (χ0) is 20.6. The Labute approximate surface area is 170 Å². The maximum atomic E-state index is 12.2. The third-order valence-electron chi connectivity index (χ3n) is 4.49. The smallest absolute Gasteiger partial charge is 0.328 e. The number of nitrogens with zero attached hydrogens (tertiary/aromatic N) is 1. The summed E-state index contributed by atoms with van der Waals surface area (Å²) in [7, 11) is 1.25. The van der Waals surface area contributed by atoms with Gasteiger partial charge in [-0.3, -0.25) is 14.9 Å². The number of ether oxygens (including phenoxy) is 1. The molecule has 10 heteroatoms. The predicted molar refractivity (Wildman–Crippen MR) is 106 cm³/mol. The van der Waals surface area contributed by atoms with Crippen LogP contribution in [0.1, 0.15) is 32.3 Å². The van der Waals surface area contributed by atoms with Gasteiger partial charge in [-0.05, 0) is 17.9 Å². The number of amides is 1. The molecule has 1 aromatic rings. The lowest BCUT2D eigenvalue weighted by Crippen LogP contribution is -2.48. The molecule has 0 radical (unpaired) electrons. The largest absolute Gasteiger partial charge is 0.467 e. The van der Waals surface area contributed by atoms with E-state index in [0.717, 1.165) is 0 Å². The van der Waals surface area contributed by atoms with Crippen molar-refractivity contribution < 1.29 is 24.4 Å². The Morgan fingerprint density at radius 1 is 1.32 bits per heavy atom. The van der Waals surface area contributed by atoms with Gasteiger partial charge in [-0.15, -0.1) is 12.4 Å². The summed E-state index contributed by atoms with van der Waals surface area (Å²) in [5.74, 6) is -1.16. The summed E-state index contributed by atoms with van der Waals surface area (Å²) in [6.07, 6.45) is -0.478. The number of halogens is 1. The van der Waals surface area contributed by atoms with Crippen molar-refractivity contribution in [3.8, 4) is 0 Å². The average Bonchev–Trinajstić information content (AvgIpc) is 2.65. The van der Waals surface area contributed by atoms with Crippen molar-refractivity contribution in [2.45, 2.75) is 51.3 Å². The fraction of sp³-hybridized carbons (Fsp3) is 0.556. The fourth-order valence-electron chi connectivity index (χ4n) is 2.53. The highest BCUT2D eigenvalue weighted by molar-refractivity contribution is 5.85. The number of nitro groups is 1. The van der Waals surface area contributed by atoms with Gasteiger partial charge in [0.15, 0.2) is 0 Å². The molecular formula is C18H28ClN3O6. The first-order valence-electron chi connectivity index (χ1n) is 8.73. The van der Waals surface area contributed by atoms with E-state index in [-0.39, 0.29) is 36.9 Å². The highest BCUT2D eigenvalue weighted by Crippen LogP contribution is 2.14. The van der Waals surface area contributed by atoms with Crippen LogP contribution >= 0.6 is 12.4 Å². The summed E-state index contributed by atoms with van der Waals surface area (Å²) in [6, 6.07) is 4.30. The highest BCUT2D eigenvalue weighted by Gasteiger charge is 2.28. The Bertz CT molecular complexity index is 655. The van der Waals surface area contributed by atoms with E-state index in [0.29, 0.717) is 12.0 Å². The molecule has 0 aromatic heterocycles. The topological polar surface area (TPSA) is 145 Å². The molecule has 0 fully saturated rings. The number of rotatable bonds is 10.